The molecule has 0 bridgehead atoms. The number of benzene rings is 2. The van der Waals surface area contributed by atoms with Crippen LogP contribution in [-0.4, -0.2) is 22.5 Å². The molecule has 118 valence electrons. The molecule has 0 aliphatic heterocycles. The molecule has 23 heavy (non-hydrogen) atoms. The Hall–Kier alpha value is -2.73. The molecule has 1 atom stereocenters. The minimum Gasteiger partial charge on any atom is -0.355 e. The standard InChI is InChI=1S/C17H17FN4O/c1-10(19)16-21-14-7-6-12(18)9-15(14)22(16)13-5-3-4-11(8-13)17(23)20-2/h3-10H,19H2,1-2H3,(H,20,23)/t10-/m1/s1. The Morgan fingerprint density at radius 2 is 2.09 bits per heavy atom. The van der Waals surface area contributed by atoms with Crippen molar-refractivity contribution in [3.63, 3.8) is 0 Å². The number of hydrogen-bond donors (Lipinski definition) is 2. The Morgan fingerprint density at radius 3 is 2.78 bits per heavy atom. The SMILES string of the molecule is CNC(=O)c1cccc(-n2c([C@@H](C)N)nc3ccc(F)cc32)c1. The molecule has 1 aromatic heterocycles. The highest BCUT2D eigenvalue weighted by atomic mass is 19.1. The van der Waals surface area contributed by atoms with Gasteiger partial charge in [-0.15, -0.1) is 0 Å². The van der Waals surface area contributed by atoms with Gasteiger partial charge in [0.05, 0.1) is 17.1 Å². The lowest BCUT2D eigenvalue weighted by Crippen LogP contribution is -2.18. The summed E-state index contributed by atoms with van der Waals surface area (Å²) in [6.07, 6.45) is 0. The second-order valence-electron chi connectivity index (χ2n) is 5.36. The number of halogens is 1. The molecule has 0 fully saturated rings. The second kappa shape index (κ2) is 5.81. The minimum absolute atomic E-state index is 0.190. The zero-order valence-electron chi connectivity index (χ0n) is 12.9. The van der Waals surface area contributed by atoms with Crippen molar-refractivity contribution in [2.75, 3.05) is 7.05 Å². The average Bonchev–Trinajstić information content (AvgIpc) is 2.93. The lowest BCUT2D eigenvalue weighted by atomic mass is 10.1. The van der Waals surface area contributed by atoms with Gasteiger partial charge in [0.15, 0.2) is 0 Å². The van der Waals surface area contributed by atoms with Gasteiger partial charge in [0.1, 0.15) is 11.6 Å². The van der Waals surface area contributed by atoms with Crippen LogP contribution in [0, 0.1) is 5.82 Å². The molecule has 0 unspecified atom stereocenters. The predicted octanol–water partition coefficient (Wildman–Crippen LogP) is 2.54. The number of fused-ring (bicyclic) bond motifs is 1. The lowest BCUT2D eigenvalue weighted by molar-refractivity contribution is 0.0963. The lowest BCUT2D eigenvalue weighted by Gasteiger charge is -2.12. The Balaban J connectivity index is 2.28. The van der Waals surface area contributed by atoms with Crippen LogP contribution in [0.5, 0.6) is 0 Å². The maximum Gasteiger partial charge on any atom is 0.251 e. The molecule has 3 rings (SSSR count). The first-order chi connectivity index (χ1) is 11.0. The number of amides is 1. The molecule has 0 spiro atoms. The van der Waals surface area contributed by atoms with Gasteiger partial charge < -0.3 is 11.1 Å². The summed E-state index contributed by atoms with van der Waals surface area (Å²) in [6.45, 7) is 1.82. The Labute approximate surface area is 132 Å². The third kappa shape index (κ3) is 2.68. The highest BCUT2D eigenvalue weighted by Gasteiger charge is 2.17. The van der Waals surface area contributed by atoms with Crippen molar-refractivity contribution < 1.29 is 9.18 Å². The topological polar surface area (TPSA) is 72.9 Å². The van der Waals surface area contributed by atoms with Crippen LogP contribution in [0.4, 0.5) is 4.39 Å². The third-order valence-corrected chi connectivity index (χ3v) is 3.64. The number of nitrogens with two attached hydrogens (primary N) is 1. The summed E-state index contributed by atoms with van der Waals surface area (Å²) < 4.78 is 15.5. The molecule has 2 aromatic carbocycles. The molecule has 0 radical (unpaired) electrons. The fourth-order valence-electron chi connectivity index (χ4n) is 2.57. The van der Waals surface area contributed by atoms with Gasteiger partial charge in [-0.2, -0.15) is 0 Å². The van der Waals surface area contributed by atoms with Gasteiger partial charge >= 0.3 is 0 Å². The molecule has 5 nitrogen and oxygen atoms in total. The van der Waals surface area contributed by atoms with E-state index in [0.29, 0.717) is 28.1 Å². The first kappa shape index (κ1) is 15.2. The average molecular weight is 312 g/mol. The van der Waals surface area contributed by atoms with Crippen molar-refractivity contribution in [3.05, 3.63) is 59.7 Å². The third-order valence-electron chi connectivity index (χ3n) is 3.64. The summed E-state index contributed by atoms with van der Waals surface area (Å²) in [5, 5.41) is 2.59. The molecular weight excluding hydrogens is 295 g/mol. The van der Waals surface area contributed by atoms with Crippen molar-refractivity contribution in [2.24, 2.45) is 5.73 Å². The van der Waals surface area contributed by atoms with E-state index in [0.717, 1.165) is 0 Å². The summed E-state index contributed by atoms with van der Waals surface area (Å²) in [6, 6.07) is 11.1. The highest BCUT2D eigenvalue weighted by Crippen LogP contribution is 2.25. The van der Waals surface area contributed by atoms with E-state index in [-0.39, 0.29) is 17.8 Å². The van der Waals surface area contributed by atoms with E-state index >= 15 is 0 Å². The van der Waals surface area contributed by atoms with Crippen molar-refractivity contribution in [3.8, 4) is 5.69 Å². The largest absolute Gasteiger partial charge is 0.355 e. The molecule has 1 heterocycles. The van der Waals surface area contributed by atoms with Gasteiger partial charge in [-0.1, -0.05) is 6.07 Å². The van der Waals surface area contributed by atoms with Crippen molar-refractivity contribution in [1.29, 1.82) is 0 Å². The Bertz CT molecular complexity index is 885. The van der Waals surface area contributed by atoms with E-state index in [4.69, 9.17) is 5.73 Å². The number of aromatic nitrogens is 2. The normalized spacial score (nSPS) is 12.3. The molecule has 3 N–H and O–H groups in total. The van der Waals surface area contributed by atoms with Crippen molar-refractivity contribution >= 4 is 16.9 Å². The number of nitrogens with one attached hydrogen (secondary N) is 1. The summed E-state index contributed by atoms with van der Waals surface area (Å²) in [5.74, 6) is 0.0711. The highest BCUT2D eigenvalue weighted by molar-refractivity contribution is 5.94. The molecule has 3 aromatic rings. The summed E-state index contributed by atoms with van der Waals surface area (Å²) in [4.78, 5) is 16.3. The molecule has 0 aliphatic rings. The van der Waals surface area contributed by atoms with E-state index in [1.807, 2.05) is 13.0 Å². The summed E-state index contributed by atoms with van der Waals surface area (Å²) in [5.41, 5.74) is 8.52. The van der Waals surface area contributed by atoms with E-state index in [2.05, 4.69) is 10.3 Å². The quantitative estimate of drug-likeness (QED) is 0.780. The molecular formula is C17H17FN4O. The Morgan fingerprint density at radius 1 is 1.30 bits per heavy atom. The molecule has 6 heteroatoms. The molecule has 0 saturated carbocycles. The molecule has 0 aliphatic carbocycles. The number of rotatable bonds is 3. The smallest absolute Gasteiger partial charge is 0.251 e. The zero-order valence-corrected chi connectivity index (χ0v) is 12.9. The second-order valence-corrected chi connectivity index (χ2v) is 5.36. The van der Waals surface area contributed by atoms with Crippen LogP contribution in [0.3, 0.4) is 0 Å². The monoisotopic (exact) mass is 312 g/mol. The maximum atomic E-state index is 13.7. The van der Waals surface area contributed by atoms with Crippen molar-refractivity contribution in [2.45, 2.75) is 13.0 Å². The van der Waals surface area contributed by atoms with E-state index in [1.54, 1.807) is 35.9 Å². The van der Waals surface area contributed by atoms with Gasteiger partial charge in [-0.25, -0.2) is 9.37 Å². The molecule has 1 amide bonds. The number of imidazole rings is 1. The van der Waals surface area contributed by atoms with Gasteiger partial charge in [-0.3, -0.25) is 9.36 Å². The fourth-order valence-corrected chi connectivity index (χ4v) is 2.57. The minimum atomic E-state index is -0.350. The summed E-state index contributed by atoms with van der Waals surface area (Å²) in [7, 11) is 1.57. The van der Waals surface area contributed by atoms with Crippen LogP contribution in [0.15, 0.2) is 42.5 Å². The van der Waals surface area contributed by atoms with E-state index in [9.17, 15) is 9.18 Å². The van der Waals surface area contributed by atoms with Gasteiger partial charge in [0.2, 0.25) is 0 Å². The first-order valence-corrected chi connectivity index (χ1v) is 7.27. The zero-order chi connectivity index (χ0) is 16.6. The first-order valence-electron chi connectivity index (χ1n) is 7.27. The summed E-state index contributed by atoms with van der Waals surface area (Å²) >= 11 is 0. The predicted molar refractivity (Wildman–Crippen MR) is 87.0 cm³/mol. The number of carbonyl (C=O) groups excluding carboxylic acids is 1. The van der Waals surface area contributed by atoms with Crippen LogP contribution in [-0.2, 0) is 0 Å². The maximum absolute atomic E-state index is 13.7. The van der Waals surface area contributed by atoms with Gasteiger partial charge in [-0.05, 0) is 37.3 Å². The van der Waals surface area contributed by atoms with Crippen LogP contribution >= 0.6 is 0 Å². The molecule has 0 saturated heterocycles. The van der Waals surface area contributed by atoms with Crippen LogP contribution in [0.25, 0.3) is 16.7 Å². The van der Waals surface area contributed by atoms with Crippen LogP contribution in [0.1, 0.15) is 29.1 Å². The van der Waals surface area contributed by atoms with E-state index < -0.39 is 0 Å². The van der Waals surface area contributed by atoms with E-state index in [1.165, 1.54) is 12.1 Å². The Kier molecular flexibility index (Phi) is 3.83. The number of nitrogens with zero attached hydrogens (tertiary/aromatic N) is 2. The van der Waals surface area contributed by atoms with Crippen LogP contribution in [0.2, 0.25) is 0 Å². The van der Waals surface area contributed by atoms with Crippen LogP contribution < -0.4 is 11.1 Å². The van der Waals surface area contributed by atoms with Gasteiger partial charge in [0, 0.05) is 24.4 Å². The van der Waals surface area contributed by atoms with Gasteiger partial charge in [0.25, 0.3) is 5.91 Å². The number of hydrogen-bond acceptors (Lipinski definition) is 3. The number of carbonyl (C=O) groups is 1. The fraction of sp³-hybridized carbons (Fsp3) is 0.176. The van der Waals surface area contributed by atoms with Crippen molar-refractivity contribution in [1.82, 2.24) is 14.9 Å².